The summed E-state index contributed by atoms with van der Waals surface area (Å²) in [6, 6.07) is 0. The third-order valence-corrected chi connectivity index (χ3v) is 21.0. The summed E-state index contributed by atoms with van der Waals surface area (Å²) in [4.78, 5) is 12.3. The van der Waals surface area contributed by atoms with Crippen LogP contribution >= 0.6 is 22.6 Å². The van der Waals surface area contributed by atoms with Gasteiger partial charge in [-0.05, 0) is 0 Å². The predicted octanol–water partition coefficient (Wildman–Crippen LogP) is 9.67. The third kappa shape index (κ3) is 15.2. The molecule has 3 heteroatoms. The minimum atomic E-state index is -2.21. The van der Waals surface area contributed by atoms with Gasteiger partial charge < -0.3 is 0 Å². The zero-order chi connectivity index (χ0) is 22.1. The van der Waals surface area contributed by atoms with Crippen LogP contribution in [0.2, 0.25) is 13.3 Å². The van der Waals surface area contributed by atoms with Crippen molar-refractivity contribution in [2.45, 2.75) is 119 Å². The Labute approximate surface area is 201 Å². The van der Waals surface area contributed by atoms with E-state index in [2.05, 4.69) is 74.0 Å². The van der Waals surface area contributed by atoms with E-state index >= 15 is 0 Å². The molecule has 0 saturated heterocycles. The van der Waals surface area contributed by atoms with Crippen molar-refractivity contribution in [3.05, 3.63) is 20.3 Å². The Morgan fingerprint density at radius 2 is 1.41 bits per heavy atom. The topological polar surface area (TPSA) is 17.1 Å². The number of hydrogen-bond acceptors (Lipinski definition) is 1. The van der Waals surface area contributed by atoms with Crippen LogP contribution in [0.15, 0.2) is 20.3 Å². The van der Waals surface area contributed by atoms with Crippen LogP contribution in [0.25, 0.3) is 0 Å². The van der Waals surface area contributed by atoms with Gasteiger partial charge in [0, 0.05) is 0 Å². The number of Topliss-reactive ketones (excluding diaryl/α,β-unsaturated/α-hetero) is 1. The summed E-state index contributed by atoms with van der Waals surface area (Å²) in [6.07, 6.45) is 15.3. The summed E-state index contributed by atoms with van der Waals surface area (Å²) in [7, 11) is 0. The number of unbranched alkanes of at least 4 members (excludes halogenated alkanes) is 3. The maximum atomic E-state index is 12.3. The summed E-state index contributed by atoms with van der Waals surface area (Å²) < 4.78 is 8.57. The molecule has 0 aromatic heterocycles. The third-order valence-electron chi connectivity index (χ3n) is 6.30. The Morgan fingerprint density at radius 3 is 1.83 bits per heavy atom. The van der Waals surface area contributed by atoms with Crippen LogP contribution in [0.3, 0.4) is 0 Å². The number of allylic oxidation sites excluding steroid dienone is 2. The number of ketones is 1. The number of carbonyl (C=O) groups is 1. The van der Waals surface area contributed by atoms with E-state index in [0.29, 0.717) is 17.6 Å². The fraction of sp³-hybridized carbons (Fsp3) is 0.808. The first kappa shape index (κ1) is 29.7. The minimum absolute atomic E-state index is 0.444. The second-order valence-electron chi connectivity index (χ2n) is 9.39. The van der Waals surface area contributed by atoms with Gasteiger partial charge in [-0.1, -0.05) is 0 Å². The summed E-state index contributed by atoms with van der Waals surface area (Å²) in [6.45, 7) is 15.6. The number of hydrogen-bond donors (Lipinski definition) is 0. The van der Waals surface area contributed by atoms with Crippen molar-refractivity contribution < 1.29 is 4.79 Å². The molecular formula is C26H49IOSn. The molecule has 0 aliphatic rings. The Kier molecular flexibility index (Phi) is 18.7. The second-order valence-corrected chi connectivity index (χ2v) is 23.9. The van der Waals surface area contributed by atoms with Crippen LogP contribution < -0.4 is 0 Å². The molecule has 0 aliphatic heterocycles. The molecule has 0 spiro atoms. The van der Waals surface area contributed by atoms with E-state index in [1.165, 1.54) is 51.8 Å². The second kappa shape index (κ2) is 18.3. The van der Waals surface area contributed by atoms with Crippen molar-refractivity contribution in [3.8, 4) is 0 Å². The van der Waals surface area contributed by atoms with Crippen LogP contribution in [-0.4, -0.2) is 24.2 Å². The predicted molar refractivity (Wildman–Crippen MR) is 144 cm³/mol. The van der Waals surface area contributed by atoms with Crippen molar-refractivity contribution in [2.24, 2.45) is 11.8 Å². The van der Waals surface area contributed by atoms with E-state index in [0.717, 1.165) is 35.7 Å². The number of halogens is 1. The fourth-order valence-electron chi connectivity index (χ4n) is 4.12. The average molecular weight is 623 g/mol. The molecule has 170 valence electrons. The van der Waals surface area contributed by atoms with Crippen LogP contribution in [0.4, 0.5) is 0 Å². The monoisotopic (exact) mass is 624 g/mol. The van der Waals surface area contributed by atoms with Crippen molar-refractivity contribution in [1.82, 2.24) is 0 Å². The van der Waals surface area contributed by atoms with E-state index in [1.54, 1.807) is 0 Å². The van der Waals surface area contributed by atoms with Crippen LogP contribution in [0.5, 0.6) is 0 Å². The van der Waals surface area contributed by atoms with Gasteiger partial charge in [0.05, 0.1) is 0 Å². The summed E-state index contributed by atoms with van der Waals surface area (Å²) in [5.74, 6) is 1.64. The van der Waals surface area contributed by atoms with Gasteiger partial charge in [-0.2, -0.15) is 0 Å². The molecule has 0 rings (SSSR count). The normalized spacial score (nSPS) is 13.3. The van der Waals surface area contributed by atoms with E-state index in [1.807, 2.05) is 0 Å². The molecular weight excluding hydrogens is 574 g/mol. The molecule has 0 N–H and O–H groups in total. The quantitative estimate of drug-likeness (QED) is 0.104. The van der Waals surface area contributed by atoms with Crippen LogP contribution in [-0.2, 0) is 4.79 Å². The van der Waals surface area contributed by atoms with Gasteiger partial charge in [-0.3, -0.25) is 0 Å². The Bertz CT molecular complexity index is 448. The van der Waals surface area contributed by atoms with Crippen LogP contribution in [0.1, 0.15) is 105 Å². The van der Waals surface area contributed by atoms with Gasteiger partial charge >= 0.3 is 202 Å². The van der Waals surface area contributed by atoms with E-state index in [9.17, 15) is 4.79 Å². The molecule has 1 atom stereocenters. The molecule has 0 fully saturated rings. The van der Waals surface area contributed by atoms with Crippen molar-refractivity contribution in [1.29, 1.82) is 0 Å². The first-order valence-corrected chi connectivity index (χ1v) is 21.1. The molecule has 0 saturated carbocycles. The van der Waals surface area contributed by atoms with Gasteiger partial charge in [-0.25, -0.2) is 0 Å². The Morgan fingerprint density at radius 1 is 0.897 bits per heavy atom. The standard InChI is InChI=1S/C14H22IO.3C4H9.Sn/c1-5-13(11(2)3)9-10-14(16)8-6-7-12(4)15;3*1-3-4-2;/h1,5,11,13H,4,6-10H2,2-3H3;3*1,3-4H2,2H3;/t13-;;;;/m0..../s1. The molecule has 0 aromatic carbocycles. The molecule has 29 heavy (non-hydrogen) atoms. The number of rotatable bonds is 19. The van der Waals surface area contributed by atoms with E-state index < -0.39 is 18.4 Å². The molecule has 1 nitrogen and oxygen atoms in total. The van der Waals surface area contributed by atoms with Crippen molar-refractivity contribution in [2.75, 3.05) is 0 Å². The fourth-order valence-corrected chi connectivity index (χ4v) is 19.0. The molecule has 0 radical (unpaired) electrons. The molecule has 0 aliphatic carbocycles. The first-order valence-electron chi connectivity index (χ1n) is 12.3. The maximum absolute atomic E-state index is 12.3. The Balaban J connectivity index is 5.06. The Hall–Kier alpha value is 0.679. The summed E-state index contributed by atoms with van der Waals surface area (Å²) in [5.41, 5.74) is 0. The van der Waals surface area contributed by atoms with Gasteiger partial charge in [0.15, 0.2) is 0 Å². The zero-order valence-corrected chi connectivity index (χ0v) is 25.2. The van der Waals surface area contributed by atoms with E-state index in [-0.39, 0.29) is 0 Å². The SMILES string of the molecule is C=C(I)CCCC(=O)CC[C@H](/C=[CH]/[Sn]([CH2]CCC)([CH2]CCC)[CH2]CCC)C(C)C. The van der Waals surface area contributed by atoms with E-state index in [4.69, 9.17) is 0 Å². The van der Waals surface area contributed by atoms with Crippen molar-refractivity contribution >= 4 is 46.8 Å². The zero-order valence-electron chi connectivity index (χ0n) is 20.2. The molecule has 0 aromatic rings. The first-order chi connectivity index (χ1) is 13.8. The summed E-state index contributed by atoms with van der Waals surface area (Å²) >= 11 is 0.0599. The van der Waals surface area contributed by atoms with Gasteiger partial charge in [0.25, 0.3) is 0 Å². The van der Waals surface area contributed by atoms with Crippen molar-refractivity contribution in [3.63, 3.8) is 0 Å². The van der Waals surface area contributed by atoms with Crippen LogP contribution in [0, 0.1) is 11.8 Å². The van der Waals surface area contributed by atoms with Gasteiger partial charge in [0.2, 0.25) is 0 Å². The van der Waals surface area contributed by atoms with Gasteiger partial charge in [0.1, 0.15) is 0 Å². The molecule has 0 bridgehead atoms. The molecule has 0 unspecified atom stereocenters. The molecule has 0 amide bonds. The number of carbonyl (C=O) groups excluding carboxylic acids is 1. The molecule has 0 heterocycles. The van der Waals surface area contributed by atoms with Gasteiger partial charge in [-0.15, -0.1) is 0 Å². The average Bonchev–Trinajstić information content (AvgIpc) is 2.68. The summed E-state index contributed by atoms with van der Waals surface area (Å²) in [5, 5.41) is 0.